The standard InChI is InChI=1S/C19H21F3N2O/c1-3-24(15-8-6-7-14(2)13-15)18(25)11-12-23-17-10-5-4-9-16(17)19(20,21)22/h4-10,13,23H,3,11-12H2,1-2H3. The second kappa shape index (κ2) is 8.05. The molecule has 6 heteroatoms. The van der Waals surface area contributed by atoms with Crippen LogP contribution in [0.4, 0.5) is 24.5 Å². The van der Waals surface area contributed by atoms with E-state index in [1.807, 2.05) is 38.1 Å². The smallest absolute Gasteiger partial charge is 0.384 e. The summed E-state index contributed by atoms with van der Waals surface area (Å²) in [4.78, 5) is 14.1. The van der Waals surface area contributed by atoms with Crippen LogP contribution < -0.4 is 10.2 Å². The highest BCUT2D eigenvalue weighted by Crippen LogP contribution is 2.34. The van der Waals surface area contributed by atoms with Crippen molar-refractivity contribution in [2.24, 2.45) is 0 Å². The second-order valence-corrected chi connectivity index (χ2v) is 5.70. The quantitative estimate of drug-likeness (QED) is 0.806. The fourth-order valence-corrected chi connectivity index (χ4v) is 2.62. The summed E-state index contributed by atoms with van der Waals surface area (Å²) in [5, 5.41) is 2.73. The number of amides is 1. The van der Waals surface area contributed by atoms with Gasteiger partial charge in [0.25, 0.3) is 0 Å². The van der Waals surface area contributed by atoms with E-state index in [4.69, 9.17) is 0 Å². The van der Waals surface area contributed by atoms with Gasteiger partial charge in [0.2, 0.25) is 5.91 Å². The molecule has 2 aromatic carbocycles. The molecule has 2 aromatic rings. The number of halogens is 3. The van der Waals surface area contributed by atoms with Gasteiger partial charge in [-0.3, -0.25) is 4.79 Å². The molecule has 0 bridgehead atoms. The van der Waals surface area contributed by atoms with Gasteiger partial charge in [-0.15, -0.1) is 0 Å². The fraction of sp³-hybridized carbons (Fsp3) is 0.316. The Labute approximate surface area is 145 Å². The van der Waals surface area contributed by atoms with Gasteiger partial charge in [0, 0.05) is 30.9 Å². The molecule has 3 nitrogen and oxygen atoms in total. The Kier molecular flexibility index (Phi) is 6.07. The first-order valence-corrected chi connectivity index (χ1v) is 8.10. The van der Waals surface area contributed by atoms with Crippen molar-refractivity contribution in [3.63, 3.8) is 0 Å². The number of nitrogens with one attached hydrogen (secondary N) is 1. The monoisotopic (exact) mass is 350 g/mol. The number of anilines is 2. The Bertz CT molecular complexity index is 729. The lowest BCUT2D eigenvalue weighted by atomic mass is 10.1. The number of hydrogen-bond donors (Lipinski definition) is 1. The van der Waals surface area contributed by atoms with Gasteiger partial charge in [0.05, 0.1) is 5.56 Å². The van der Waals surface area contributed by atoms with Crippen LogP contribution in [0.15, 0.2) is 48.5 Å². The molecule has 0 aliphatic carbocycles. The van der Waals surface area contributed by atoms with Gasteiger partial charge in [-0.25, -0.2) is 0 Å². The third-order valence-corrected chi connectivity index (χ3v) is 3.82. The Morgan fingerprint density at radius 1 is 1.12 bits per heavy atom. The molecule has 0 atom stereocenters. The molecule has 0 spiro atoms. The van der Waals surface area contributed by atoms with E-state index in [0.29, 0.717) is 6.54 Å². The van der Waals surface area contributed by atoms with Gasteiger partial charge in [-0.05, 0) is 43.7 Å². The lowest BCUT2D eigenvalue weighted by Crippen LogP contribution is -2.32. The summed E-state index contributed by atoms with van der Waals surface area (Å²) in [7, 11) is 0. The molecule has 0 heterocycles. The lowest BCUT2D eigenvalue weighted by Gasteiger charge is -2.22. The molecule has 0 fully saturated rings. The summed E-state index contributed by atoms with van der Waals surface area (Å²) in [6, 6.07) is 12.8. The maximum atomic E-state index is 13.0. The summed E-state index contributed by atoms with van der Waals surface area (Å²) in [6.45, 7) is 4.44. The van der Waals surface area contributed by atoms with Crippen LogP contribution in [0.1, 0.15) is 24.5 Å². The number of carbonyl (C=O) groups excluding carboxylic acids is 1. The molecule has 0 aromatic heterocycles. The highest BCUT2D eigenvalue weighted by molar-refractivity contribution is 5.93. The topological polar surface area (TPSA) is 32.3 Å². The van der Waals surface area contributed by atoms with Crippen LogP contribution in [0.5, 0.6) is 0 Å². The average Bonchev–Trinajstić information content (AvgIpc) is 2.55. The zero-order valence-electron chi connectivity index (χ0n) is 14.2. The van der Waals surface area contributed by atoms with Crippen molar-refractivity contribution >= 4 is 17.3 Å². The Morgan fingerprint density at radius 3 is 2.48 bits per heavy atom. The molecule has 25 heavy (non-hydrogen) atoms. The first kappa shape index (κ1) is 18.8. The molecule has 2 rings (SSSR count). The van der Waals surface area contributed by atoms with Gasteiger partial charge < -0.3 is 10.2 Å². The zero-order valence-corrected chi connectivity index (χ0v) is 14.2. The number of aryl methyl sites for hydroxylation is 1. The zero-order chi connectivity index (χ0) is 18.4. The number of carbonyl (C=O) groups is 1. The minimum Gasteiger partial charge on any atom is -0.384 e. The minimum absolute atomic E-state index is 0.0126. The predicted octanol–water partition coefficient (Wildman–Crippen LogP) is 4.87. The predicted molar refractivity (Wildman–Crippen MR) is 93.8 cm³/mol. The van der Waals surface area contributed by atoms with Gasteiger partial charge >= 0.3 is 6.18 Å². The molecule has 0 saturated carbocycles. The number of nitrogens with zero attached hydrogens (tertiary/aromatic N) is 1. The number of para-hydroxylation sites is 1. The van der Waals surface area contributed by atoms with Crippen molar-refractivity contribution in [1.29, 1.82) is 0 Å². The third kappa shape index (κ3) is 4.98. The van der Waals surface area contributed by atoms with Crippen molar-refractivity contribution in [3.05, 3.63) is 59.7 Å². The first-order valence-electron chi connectivity index (χ1n) is 8.10. The molecule has 0 saturated heterocycles. The lowest BCUT2D eigenvalue weighted by molar-refractivity contribution is -0.137. The molecular weight excluding hydrogens is 329 g/mol. The van der Waals surface area contributed by atoms with Crippen molar-refractivity contribution in [2.45, 2.75) is 26.4 Å². The van der Waals surface area contributed by atoms with Crippen LogP contribution in [-0.2, 0) is 11.0 Å². The Balaban J connectivity index is 2.01. The largest absolute Gasteiger partial charge is 0.418 e. The number of benzene rings is 2. The number of alkyl halides is 3. The summed E-state index contributed by atoms with van der Waals surface area (Å²) in [6.07, 6.45) is -4.32. The van der Waals surface area contributed by atoms with Crippen molar-refractivity contribution in [2.75, 3.05) is 23.3 Å². The number of rotatable bonds is 6. The molecule has 0 unspecified atom stereocenters. The van der Waals surface area contributed by atoms with E-state index in [0.717, 1.165) is 17.3 Å². The maximum Gasteiger partial charge on any atom is 0.418 e. The van der Waals surface area contributed by atoms with Crippen LogP contribution in [0, 0.1) is 6.92 Å². The van der Waals surface area contributed by atoms with Gasteiger partial charge in [0.15, 0.2) is 0 Å². The normalized spacial score (nSPS) is 11.2. The molecule has 134 valence electrons. The van der Waals surface area contributed by atoms with Gasteiger partial charge in [-0.2, -0.15) is 13.2 Å². The molecule has 0 radical (unpaired) electrons. The van der Waals surface area contributed by atoms with Crippen molar-refractivity contribution in [3.8, 4) is 0 Å². The highest BCUT2D eigenvalue weighted by atomic mass is 19.4. The SMILES string of the molecule is CCN(C(=O)CCNc1ccccc1C(F)(F)F)c1cccc(C)c1. The highest BCUT2D eigenvalue weighted by Gasteiger charge is 2.33. The van der Waals surface area contributed by atoms with Crippen LogP contribution in [-0.4, -0.2) is 19.0 Å². The van der Waals surface area contributed by atoms with Crippen LogP contribution in [0.3, 0.4) is 0 Å². The maximum absolute atomic E-state index is 13.0. The Hall–Kier alpha value is -2.50. The fourth-order valence-electron chi connectivity index (χ4n) is 2.62. The molecule has 1 N–H and O–H groups in total. The summed E-state index contributed by atoms with van der Waals surface area (Å²) < 4.78 is 38.9. The van der Waals surface area contributed by atoms with E-state index >= 15 is 0 Å². The molecule has 0 aliphatic heterocycles. The van der Waals surface area contributed by atoms with Crippen LogP contribution in [0.25, 0.3) is 0 Å². The summed E-state index contributed by atoms with van der Waals surface area (Å²) in [5.74, 6) is -0.134. The second-order valence-electron chi connectivity index (χ2n) is 5.70. The van der Waals surface area contributed by atoms with Crippen LogP contribution in [0.2, 0.25) is 0 Å². The van der Waals surface area contributed by atoms with Crippen LogP contribution >= 0.6 is 0 Å². The van der Waals surface area contributed by atoms with Gasteiger partial charge in [0.1, 0.15) is 0 Å². The van der Waals surface area contributed by atoms with E-state index in [9.17, 15) is 18.0 Å². The van der Waals surface area contributed by atoms with Crippen molar-refractivity contribution in [1.82, 2.24) is 0 Å². The van der Waals surface area contributed by atoms with Crippen molar-refractivity contribution < 1.29 is 18.0 Å². The third-order valence-electron chi connectivity index (χ3n) is 3.82. The van der Waals surface area contributed by atoms with E-state index in [1.165, 1.54) is 18.2 Å². The summed E-state index contributed by atoms with van der Waals surface area (Å²) >= 11 is 0. The van der Waals surface area contributed by atoms with E-state index < -0.39 is 11.7 Å². The molecule has 1 amide bonds. The average molecular weight is 350 g/mol. The molecule has 0 aliphatic rings. The van der Waals surface area contributed by atoms with Gasteiger partial charge in [-0.1, -0.05) is 24.3 Å². The first-order chi connectivity index (χ1) is 11.8. The molecular formula is C19H21F3N2O. The van der Waals surface area contributed by atoms with E-state index in [-0.39, 0.29) is 24.6 Å². The summed E-state index contributed by atoms with van der Waals surface area (Å²) in [5.41, 5.74) is 1.10. The minimum atomic E-state index is -4.43. The van der Waals surface area contributed by atoms with E-state index in [1.54, 1.807) is 4.90 Å². The number of hydrogen-bond acceptors (Lipinski definition) is 2. The Morgan fingerprint density at radius 2 is 1.84 bits per heavy atom. The van der Waals surface area contributed by atoms with E-state index in [2.05, 4.69) is 5.32 Å².